The van der Waals surface area contributed by atoms with Gasteiger partial charge in [-0.3, -0.25) is 4.79 Å². The van der Waals surface area contributed by atoms with Crippen LogP contribution in [0.3, 0.4) is 0 Å². The number of hydrogen-bond donors (Lipinski definition) is 2. The van der Waals surface area contributed by atoms with Gasteiger partial charge >= 0.3 is 0 Å². The number of amides is 1. The molecule has 1 saturated carbocycles. The van der Waals surface area contributed by atoms with Crippen molar-refractivity contribution in [2.24, 2.45) is 0 Å². The van der Waals surface area contributed by atoms with E-state index in [1.165, 1.54) is 24.8 Å². The van der Waals surface area contributed by atoms with Gasteiger partial charge < -0.3 is 10.6 Å². The van der Waals surface area contributed by atoms with Crippen LogP contribution in [0.25, 0.3) is 0 Å². The second-order valence-corrected chi connectivity index (χ2v) is 6.54. The van der Waals surface area contributed by atoms with Gasteiger partial charge in [0.05, 0.1) is 0 Å². The Kier molecular flexibility index (Phi) is 7.71. The highest BCUT2D eigenvalue weighted by Crippen LogP contribution is 2.43. The standard InChI is InChI=1S/C16H23BrN2O.ClH/c1-18-10-3-7-15(20)19-12-16(8-4-9-16)13-5-2-6-14(17)11-13;/h2,5-6,11,18H,3-4,7-10,12H2,1H3,(H,19,20);1H. The topological polar surface area (TPSA) is 41.1 Å². The summed E-state index contributed by atoms with van der Waals surface area (Å²) in [7, 11) is 1.91. The SMILES string of the molecule is CNCCCC(=O)NCC1(c2cccc(Br)c2)CCC1.Cl. The third kappa shape index (κ3) is 4.97. The molecule has 0 aliphatic heterocycles. The zero-order valence-corrected chi connectivity index (χ0v) is 14.9. The van der Waals surface area contributed by atoms with Gasteiger partial charge in [0.2, 0.25) is 5.91 Å². The first-order valence-electron chi connectivity index (χ1n) is 7.34. The van der Waals surface area contributed by atoms with Crippen LogP contribution >= 0.6 is 28.3 Å². The maximum atomic E-state index is 11.9. The molecule has 5 heteroatoms. The Bertz CT molecular complexity index is 463. The fourth-order valence-corrected chi connectivity index (χ4v) is 3.17. The Morgan fingerprint density at radius 1 is 1.38 bits per heavy atom. The van der Waals surface area contributed by atoms with Gasteiger partial charge in [-0.1, -0.05) is 34.5 Å². The van der Waals surface area contributed by atoms with Crippen LogP contribution < -0.4 is 10.6 Å². The Morgan fingerprint density at radius 3 is 2.71 bits per heavy atom. The summed E-state index contributed by atoms with van der Waals surface area (Å²) in [6, 6.07) is 8.49. The van der Waals surface area contributed by atoms with E-state index < -0.39 is 0 Å². The summed E-state index contributed by atoms with van der Waals surface area (Å²) in [5.74, 6) is 0.168. The predicted molar refractivity (Wildman–Crippen MR) is 93.1 cm³/mol. The molecule has 0 radical (unpaired) electrons. The molecule has 0 heterocycles. The fourth-order valence-electron chi connectivity index (χ4n) is 2.77. The minimum absolute atomic E-state index is 0. The van der Waals surface area contributed by atoms with Gasteiger partial charge in [0.25, 0.3) is 0 Å². The highest BCUT2D eigenvalue weighted by atomic mass is 79.9. The van der Waals surface area contributed by atoms with Crippen LogP contribution in [0.5, 0.6) is 0 Å². The lowest BCUT2D eigenvalue weighted by Crippen LogP contribution is -2.45. The molecule has 1 aromatic rings. The lowest BCUT2D eigenvalue weighted by atomic mass is 9.64. The van der Waals surface area contributed by atoms with E-state index in [9.17, 15) is 4.79 Å². The lowest BCUT2D eigenvalue weighted by molar-refractivity contribution is -0.121. The largest absolute Gasteiger partial charge is 0.355 e. The fraction of sp³-hybridized carbons (Fsp3) is 0.562. The Balaban J connectivity index is 0.00000220. The van der Waals surface area contributed by atoms with Gasteiger partial charge in [-0.2, -0.15) is 0 Å². The predicted octanol–water partition coefficient (Wildman–Crippen LogP) is 3.41. The monoisotopic (exact) mass is 374 g/mol. The Morgan fingerprint density at radius 2 is 2.14 bits per heavy atom. The van der Waals surface area contributed by atoms with E-state index >= 15 is 0 Å². The van der Waals surface area contributed by atoms with Crippen molar-refractivity contribution in [3.8, 4) is 0 Å². The van der Waals surface area contributed by atoms with Gasteiger partial charge in [-0.25, -0.2) is 0 Å². The van der Waals surface area contributed by atoms with E-state index in [1.807, 2.05) is 13.1 Å². The van der Waals surface area contributed by atoms with Gasteiger partial charge in [0.15, 0.2) is 0 Å². The molecule has 1 amide bonds. The minimum Gasteiger partial charge on any atom is -0.355 e. The van der Waals surface area contributed by atoms with Crippen molar-refractivity contribution in [3.63, 3.8) is 0 Å². The first-order chi connectivity index (χ1) is 9.66. The molecule has 1 aliphatic carbocycles. The second-order valence-electron chi connectivity index (χ2n) is 5.63. The van der Waals surface area contributed by atoms with Crippen LogP contribution in [-0.2, 0) is 10.2 Å². The van der Waals surface area contributed by atoms with E-state index in [4.69, 9.17) is 0 Å². The van der Waals surface area contributed by atoms with Gasteiger partial charge in [-0.05, 0) is 50.6 Å². The molecular formula is C16H24BrClN2O. The van der Waals surface area contributed by atoms with Crippen LogP contribution in [0.4, 0.5) is 0 Å². The van der Waals surface area contributed by atoms with E-state index in [1.54, 1.807) is 0 Å². The van der Waals surface area contributed by atoms with Gasteiger partial charge in [0.1, 0.15) is 0 Å². The van der Waals surface area contributed by atoms with Crippen molar-refractivity contribution in [2.45, 2.75) is 37.5 Å². The number of carbonyl (C=O) groups excluding carboxylic acids is 1. The first kappa shape index (κ1) is 18.5. The van der Waals surface area contributed by atoms with Crippen molar-refractivity contribution in [3.05, 3.63) is 34.3 Å². The summed E-state index contributed by atoms with van der Waals surface area (Å²) < 4.78 is 1.11. The summed E-state index contributed by atoms with van der Waals surface area (Å²) >= 11 is 3.54. The molecule has 21 heavy (non-hydrogen) atoms. The molecule has 1 aliphatic rings. The Hall–Kier alpha value is -0.580. The number of hydrogen-bond acceptors (Lipinski definition) is 2. The van der Waals surface area contributed by atoms with Crippen LogP contribution in [0.1, 0.15) is 37.7 Å². The summed E-state index contributed by atoms with van der Waals surface area (Å²) in [6.07, 6.45) is 5.09. The average molecular weight is 376 g/mol. The van der Waals surface area contributed by atoms with E-state index in [0.29, 0.717) is 6.42 Å². The molecular weight excluding hydrogens is 352 g/mol. The quantitative estimate of drug-likeness (QED) is 0.717. The van der Waals surface area contributed by atoms with Crippen molar-refractivity contribution >= 4 is 34.2 Å². The van der Waals surface area contributed by atoms with Gasteiger partial charge in [-0.15, -0.1) is 12.4 Å². The van der Waals surface area contributed by atoms with Crippen LogP contribution in [0.2, 0.25) is 0 Å². The normalized spacial score (nSPS) is 15.7. The van der Waals surface area contributed by atoms with Crippen molar-refractivity contribution < 1.29 is 4.79 Å². The van der Waals surface area contributed by atoms with E-state index in [-0.39, 0.29) is 23.7 Å². The smallest absolute Gasteiger partial charge is 0.220 e. The molecule has 2 N–H and O–H groups in total. The number of nitrogens with one attached hydrogen (secondary N) is 2. The number of rotatable bonds is 7. The molecule has 0 unspecified atom stereocenters. The molecule has 0 saturated heterocycles. The number of halogens is 2. The zero-order valence-electron chi connectivity index (χ0n) is 12.5. The minimum atomic E-state index is 0. The molecule has 0 aromatic heterocycles. The zero-order chi connectivity index (χ0) is 14.4. The highest BCUT2D eigenvalue weighted by molar-refractivity contribution is 9.10. The average Bonchev–Trinajstić information content (AvgIpc) is 2.38. The summed E-state index contributed by atoms with van der Waals surface area (Å²) in [6.45, 7) is 1.66. The highest BCUT2D eigenvalue weighted by Gasteiger charge is 2.38. The number of benzene rings is 1. The molecule has 0 bridgehead atoms. The van der Waals surface area contributed by atoms with Crippen LogP contribution in [0, 0.1) is 0 Å². The van der Waals surface area contributed by atoms with Crippen molar-refractivity contribution in [1.82, 2.24) is 10.6 Å². The first-order valence-corrected chi connectivity index (χ1v) is 8.13. The van der Waals surface area contributed by atoms with Crippen molar-refractivity contribution in [2.75, 3.05) is 20.1 Å². The molecule has 2 rings (SSSR count). The van der Waals surface area contributed by atoms with Gasteiger partial charge in [0, 0.05) is 22.9 Å². The van der Waals surface area contributed by atoms with Crippen molar-refractivity contribution in [1.29, 1.82) is 0 Å². The molecule has 3 nitrogen and oxygen atoms in total. The maximum Gasteiger partial charge on any atom is 0.220 e. The molecule has 1 fully saturated rings. The molecule has 118 valence electrons. The third-order valence-corrected chi connectivity index (χ3v) is 4.70. The molecule has 0 atom stereocenters. The summed E-state index contributed by atoms with van der Waals surface area (Å²) in [5, 5.41) is 6.18. The second kappa shape index (κ2) is 8.76. The summed E-state index contributed by atoms with van der Waals surface area (Å²) in [4.78, 5) is 11.9. The molecule has 1 aromatic carbocycles. The van der Waals surface area contributed by atoms with E-state index in [2.05, 4.69) is 44.8 Å². The number of carbonyl (C=O) groups is 1. The Labute approximate surface area is 141 Å². The van der Waals surface area contributed by atoms with Crippen LogP contribution in [0.15, 0.2) is 28.7 Å². The molecule has 0 spiro atoms. The third-order valence-electron chi connectivity index (χ3n) is 4.20. The van der Waals surface area contributed by atoms with E-state index in [0.717, 1.165) is 24.0 Å². The lowest BCUT2D eigenvalue weighted by Gasteiger charge is -2.42. The summed E-state index contributed by atoms with van der Waals surface area (Å²) in [5.41, 5.74) is 1.50. The van der Waals surface area contributed by atoms with Crippen LogP contribution in [-0.4, -0.2) is 26.0 Å². The maximum absolute atomic E-state index is 11.9.